The predicted molar refractivity (Wildman–Crippen MR) is 113 cm³/mol. The minimum atomic E-state index is -0.304. The molecule has 8 nitrogen and oxygen atoms in total. The predicted octanol–water partition coefficient (Wildman–Crippen LogP) is 2.67. The van der Waals surface area contributed by atoms with E-state index in [1.807, 2.05) is 36.4 Å². The van der Waals surface area contributed by atoms with Crippen LogP contribution in [0.15, 0.2) is 67.1 Å². The number of hydrogen-bond donors (Lipinski definition) is 3. The summed E-state index contributed by atoms with van der Waals surface area (Å²) in [7, 11) is 1.61. The number of ether oxygens (including phenoxy) is 1. The summed E-state index contributed by atoms with van der Waals surface area (Å²) in [4.78, 5) is 32.0. The van der Waals surface area contributed by atoms with E-state index in [-0.39, 0.29) is 18.4 Å². The Bertz CT molecular complexity index is 960. The summed E-state index contributed by atoms with van der Waals surface area (Å²) in [5.74, 6) is 0.664. The molecule has 0 saturated heterocycles. The maximum absolute atomic E-state index is 12.1. The van der Waals surface area contributed by atoms with E-state index in [2.05, 4.69) is 25.9 Å². The molecule has 0 fully saturated rings. The van der Waals surface area contributed by atoms with E-state index in [4.69, 9.17) is 4.74 Å². The molecular weight excluding hydrogens is 382 g/mol. The topological polar surface area (TPSA) is 105 Å². The summed E-state index contributed by atoms with van der Waals surface area (Å²) < 4.78 is 5.11. The second-order valence-electron chi connectivity index (χ2n) is 6.51. The van der Waals surface area contributed by atoms with E-state index in [1.165, 1.54) is 6.33 Å². The fourth-order valence-corrected chi connectivity index (χ4v) is 2.67. The molecule has 0 aliphatic carbocycles. The van der Waals surface area contributed by atoms with Crippen LogP contribution >= 0.6 is 0 Å². The molecular formula is C22H23N5O3. The van der Waals surface area contributed by atoms with Crippen molar-refractivity contribution >= 4 is 17.6 Å². The van der Waals surface area contributed by atoms with Crippen molar-refractivity contribution in [1.82, 2.24) is 20.6 Å². The van der Waals surface area contributed by atoms with Gasteiger partial charge in [-0.05, 0) is 41.5 Å². The van der Waals surface area contributed by atoms with E-state index in [9.17, 15) is 9.59 Å². The number of anilines is 1. The number of nitrogens with one attached hydrogen (secondary N) is 3. The molecule has 154 valence electrons. The van der Waals surface area contributed by atoms with Gasteiger partial charge >= 0.3 is 6.03 Å². The largest absolute Gasteiger partial charge is 0.497 e. The van der Waals surface area contributed by atoms with Crippen LogP contribution in [0.5, 0.6) is 5.75 Å². The Morgan fingerprint density at radius 3 is 2.30 bits per heavy atom. The fourth-order valence-electron chi connectivity index (χ4n) is 2.67. The van der Waals surface area contributed by atoms with E-state index in [0.717, 1.165) is 22.6 Å². The first kappa shape index (κ1) is 20.8. The van der Waals surface area contributed by atoms with Gasteiger partial charge in [-0.2, -0.15) is 0 Å². The Morgan fingerprint density at radius 1 is 0.900 bits per heavy atom. The second kappa shape index (κ2) is 10.6. The molecule has 0 aliphatic rings. The number of rotatable bonds is 8. The number of aromatic nitrogens is 2. The fraction of sp³-hybridized carbons (Fsp3) is 0.182. The molecule has 0 atom stereocenters. The maximum Gasteiger partial charge on any atom is 0.319 e. The number of carbonyl (C=O) groups is 2. The molecule has 0 saturated carbocycles. The van der Waals surface area contributed by atoms with Crippen molar-refractivity contribution < 1.29 is 14.3 Å². The van der Waals surface area contributed by atoms with Crippen molar-refractivity contribution in [3.63, 3.8) is 0 Å². The third kappa shape index (κ3) is 6.59. The van der Waals surface area contributed by atoms with Crippen LogP contribution in [0.25, 0.3) is 0 Å². The molecule has 3 rings (SSSR count). The molecule has 0 radical (unpaired) electrons. The minimum absolute atomic E-state index is 0.105. The first-order valence-electron chi connectivity index (χ1n) is 9.40. The van der Waals surface area contributed by atoms with Crippen LogP contribution in [-0.2, 0) is 24.3 Å². The SMILES string of the molecule is COc1ccc(CNC(=O)Nc2ccc(CC(=O)NCc3ccncn3)cc2)cc1. The van der Waals surface area contributed by atoms with Gasteiger partial charge in [-0.3, -0.25) is 4.79 Å². The lowest BCUT2D eigenvalue weighted by molar-refractivity contribution is -0.120. The van der Waals surface area contributed by atoms with Gasteiger partial charge in [0.05, 0.1) is 25.8 Å². The lowest BCUT2D eigenvalue weighted by Crippen LogP contribution is -2.28. The first-order chi connectivity index (χ1) is 14.6. The zero-order valence-electron chi connectivity index (χ0n) is 16.6. The third-order valence-electron chi connectivity index (χ3n) is 4.30. The zero-order valence-corrected chi connectivity index (χ0v) is 16.6. The highest BCUT2D eigenvalue weighted by Crippen LogP contribution is 2.12. The zero-order chi connectivity index (χ0) is 21.2. The number of benzene rings is 2. The first-order valence-corrected chi connectivity index (χ1v) is 9.40. The van der Waals surface area contributed by atoms with Crippen molar-refractivity contribution in [1.29, 1.82) is 0 Å². The summed E-state index contributed by atoms with van der Waals surface area (Å²) in [6.07, 6.45) is 3.32. The van der Waals surface area contributed by atoms with Gasteiger partial charge in [0, 0.05) is 18.4 Å². The van der Waals surface area contributed by atoms with Crippen molar-refractivity contribution in [2.24, 2.45) is 0 Å². The molecule has 3 aromatic rings. The molecule has 2 aromatic carbocycles. The summed E-state index contributed by atoms with van der Waals surface area (Å²) in [5.41, 5.74) is 3.21. The van der Waals surface area contributed by atoms with Gasteiger partial charge in [0.25, 0.3) is 0 Å². The van der Waals surface area contributed by atoms with Crippen molar-refractivity contribution in [2.45, 2.75) is 19.5 Å². The minimum Gasteiger partial charge on any atom is -0.497 e. The van der Waals surface area contributed by atoms with Gasteiger partial charge in [-0.15, -0.1) is 0 Å². The average molecular weight is 405 g/mol. The Morgan fingerprint density at radius 2 is 1.63 bits per heavy atom. The summed E-state index contributed by atoms with van der Waals surface area (Å²) in [6, 6.07) is 16.1. The highest BCUT2D eigenvalue weighted by Gasteiger charge is 2.06. The molecule has 0 unspecified atom stereocenters. The summed E-state index contributed by atoms with van der Waals surface area (Å²) in [6.45, 7) is 0.760. The molecule has 8 heteroatoms. The molecule has 3 amide bonds. The van der Waals surface area contributed by atoms with E-state index in [1.54, 1.807) is 31.5 Å². The van der Waals surface area contributed by atoms with Gasteiger partial charge in [0.1, 0.15) is 12.1 Å². The standard InChI is InChI=1S/C22H23N5O3/c1-30-20-8-4-17(5-9-20)13-25-22(29)27-18-6-2-16(3-7-18)12-21(28)24-14-19-10-11-23-15-26-19/h2-11,15H,12-14H2,1H3,(H,24,28)(H2,25,27,29). The van der Waals surface area contributed by atoms with E-state index >= 15 is 0 Å². The summed E-state index contributed by atoms with van der Waals surface area (Å²) in [5, 5.41) is 8.39. The molecule has 30 heavy (non-hydrogen) atoms. The molecule has 0 bridgehead atoms. The lowest BCUT2D eigenvalue weighted by Gasteiger charge is -2.09. The van der Waals surface area contributed by atoms with E-state index in [0.29, 0.717) is 18.8 Å². The Labute approximate surface area is 174 Å². The normalized spacial score (nSPS) is 10.2. The Kier molecular flexibility index (Phi) is 7.32. The van der Waals surface area contributed by atoms with Crippen molar-refractivity contribution in [2.75, 3.05) is 12.4 Å². The van der Waals surface area contributed by atoms with Crippen molar-refractivity contribution in [3.05, 3.63) is 83.9 Å². The Hall–Kier alpha value is -3.94. The molecule has 0 spiro atoms. The highest BCUT2D eigenvalue weighted by atomic mass is 16.5. The van der Waals surface area contributed by atoms with E-state index < -0.39 is 0 Å². The molecule has 3 N–H and O–H groups in total. The number of carbonyl (C=O) groups excluding carboxylic acids is 2. The average Bonchev–Trinajstić information content (AvgIpc) is 2.79. The van der Waals surface area contributed by atoms with Crippen LogP contribution in [0.2, 0.25) is 0 Å². The maximum atomic E-state index is 12.1. The lowest BCUT2D eigenvalue weighted by atomic mass is 10.1. The number of urea groups is 1. The second-order valence-corrected chi connectivity index (χ2v) is 6.51. The van der Waals surface area contributed by atoms with Gasteiger partial charge in [-0.1, -0.05) is 24.3 Å². The monoisotopic (exact) mass is 405 g/mol. The number of hydrogen-bond acceptors (Lipinski definition) is 5. The Balaban J connectivity index is 1.41. The third-order valence-corrected chi connectivity index (χ3v) is 4.30. The summed E-state index contributed by atoms with van der Waals surface area (Å²) >= 11 is 0. The molecule has 1 heterocycles. The molecule has 1 aromatic heterocycles. The molecule has 0 aliphatic heterocycles. The van der Waals surface area contributed by atoms with Crippen LogP contribution in [0.1, 0.15) is 16.8 Å². The van der Waals surface area contributed by atoms with Crippen LogP contribution in [-0.4, -0.2) is 29.0 Å². The van der Waals surface area contributed by atoms with Crippen LogP contribution in [0, 0.1) is 0 Å². The van der Waals surface area contributed by atoms with Gasteiger partial charge in [-0.25, -0.2) is 14.8 Å². The number of amides is 3. The highest BCUT2D eigenvalue weighted by molar-refractivity contribution is 5.89. The number of methoxy groups -OCH3 is 1. The smallest absolute Gasteiger partial charge is 0.319 e. The van der Waals surface area contributed by atoms with Crippen LogP contribution in [0.4, 0.5) is 10.5 Å². The van der Waals surface area contributed by atoms with Crippen molar-refractivity contribution in [3.8, 4) is 5.75 Å². The van der Waals surface area contributed by atoms with Gasteiger partial charge in [0.15, 0.2) is 0 Å². The van der Waals surface area contributed by atoms with Gasteiger partial charge < -0.3 is 20.7 Å². The van der Waals surface area contributed by atoms with Crippen LogP contribution in [0.3, 0.4) is 0 Å². The quantitative estimate of drug-likeness (QED) is 0.534. The van der Waals surface area contributed by atoms with Crippen LogP contribution < -0.4 is 20.7 Å². The van der Waals surface area contributed by atoms with Gasteiger partial charge in [0.2, 0.25) is 5.91 Å². The number of nitrogens with zero attached hydrogens (tertiary/aromatic N) is 2.